The van der Waals surface area contributed by atoms with E-state index in [1.807, 2.05) is 35.1 Å². The molecule has 1 fully saturated rings. The number of methoxy groups -OCH3 is 1. The van der Waals surface area contributed by atoms with Gasteiger partial charge in [-0.05, 0) is 35.6 Å². The van der Waals surface area contributed by atoms with E-state index in [9.17, 15) is 0 Å². The second kappa shape index (κ2) is 5.85. The third-order valence-corrected chi connectivity index (χ3v) is 3.74. The SMILES string of the molecule is COc1ccc(Cn2cc([C@@H]3C[C@H]3CN=[N+]=[N-])nn2)cc1. The van der Waals surface area contributed by atoms with E-state index >= 15 is 0 Å². The van der Waals surface area contributed by atoms with Gasteiger partial charge in [-0.25, -0.2) is 4.68 Å². The van der Waals surface area contributed by atoms with Gasteiger partial charge >= 0.3 is 0 Å². The van der Waals surface area contributed by atoms with Gasteiger partial charge in [-0.2, -0.15) is 0 Å². The predicted molar refractivity (Wildman–Crippen MR) is 77.0 cm³/mol. The molecule has 7 heteroatoms. The van der Waals surface area contributed by atoms with Crippen molar-refractivity contribution in [3.05, 3.63) is 52.2 Å². The highest BCUT2D eigenvalue weighted by molar-refractivity contribution is 5.27. The molecule has 1 saturated carbocycles. The minimum absolute atomic E-state index is 0.389. The number of benzene rings is 1. The number of azide groups is 1. The lowest BCUT2D eigenvalue weighted by Gasteiger charge is -2.02. The van der Waals surface area contributed by atoms with Crippen molar-refractivity contribution in [2.75, 3.05) is 13.7 Å². The third kappa shape index (κ3) is 3.14. The summed E-state index contributed by atoms with van der Waals surface area (Å²) >= 11 is 0. The van der Waals surface area contributed by atoms with Gasteiger partial charge in [-0.15, -0.1) is 5.10 Å². The Balaban J connectivity index is 1.61. The fourth-order valence-corrected chi connectivity index (χ4v) is 2.43. The topological polar surface area (TPSA) is 88.7 Å². The fourth-order valence-electron chi connectivity index (χ4n) is 2.43. The van der Waals surface area contributed by atoms with Gasteiger partial charge in [0.2, 0.25) is 0 Å². The van der Waals surface area contributed by atoms with E-state index in [1.54, 1.807) is 7.11 Å². The second-order valence-corrected chi connectivity index (χ2v) is 5.20. The molecule has 1 aromatic heterocycles. The minimum Gasteiger partial charge on any atom is -0.497 e. The molecule has 0 spiro atoms. The maximum Gasteiger partial charge on any atom is 0.118 e. The quantitative estimate of drug-likeness (QED) is 0.464. The number of ether oxygens (including phenoxy) is 1. The highest BCUT2D eigenvalue weighted by atomic mass is 16.5. The standard InChI is InChI=1S/C14H16N6O/c1-21-12-4-2-10(3-5-12)8-20-9-14(17-19-20)13-6-11(13)7-16-18-15/h2-5,9,11,13H,6-8H2,1H3/t11-,13+/m0/s1. The molecule has 108 valence electrons. The van der Waals surface area contributed by atoms with Crippen LogP contribution in [0.15, 0.2) is 35.6 Å². The molecule has 21 heavy (non-hydrogen) atoms. The first-order chi connectivity index (χ1) is 10.3. The van der Waals surface area contributed by atoms with E-state index in [1.165, 1.54) is 0 Å². The number of rotatable bonds is 6. The van der Waals surface area contributed by atoms with Gasteiger partial charge in [-0.3, -0.25) is 0 Å². The summed E-state index contributed by atoms with van der Waals surface area (Å²) in [5.74, 6) is 1.66. The summed E-state index contributed by atoms with van der Waals surface area (Å²) in [7, 11) is 1.65. The van der Waals surface area contributed by atoms with Crippen LogP contribution in [0, 0.1) is 5.92 Å². The van der Waals surface area contributed by atoms with E-state index in [0.29, 0.717) is 24.9 Å². The summed E-state index contributed by atoms with van der Waals surface area (Å²) in [4.78, 5) is 2.79. The van der Waals surface area contributed by atoms with Crippen LogP contribution in [0.2, 0.25) is 0 Å². The van der Waals surface area contributed by atoms with Crippen LogP contribution in [-0.2, 0) is 6.54 Å². The summed E-state index contributed by atoms with van der Waals surface area (Å²) in [6.45, 7) is 1.23. The zero-order chi connectivity index (χ0) is 14.7. The summed E-state index contributed by atoms with van der Waals surface area (Å²) in [6, 6.07) is 7.90. The molecule has 0 N–H and O–H groups in total. The molecule has 2 atom stereocenters. The Morgan fingerprint density at radius 1 is 1.43 bits per heavy atom. The lowest BCUT2D eigenvalue weighted by atomic mass is 10.2. The molecule has 1 aliphatic rings. The maximum atomic E-state index is 8.32. The van der Waals surface area contributed by atoms with Crippen molar-refractivity contribution >= 4 is 0 Å². The Kier molecular flexibility index (Phi) is 3.75. The molecule has 3 rings (SSSR count). The lowest BCUT2D eigenvalue weighted by Crippen LogP contribution is -2.00. The van der Waals surface area contributed by atoms with E-state index in [-0.39, 0.29) is 0 Å². The number of hydrogen-bond donors (Lipinski definition) is 0. The van der Waals surface area contributed by atoms with Gasteiger partial charge in [0, 0.05) is 23.6 Å². The van der Waals surface area contributed by atoms with Crippen LogP contribution in [0.3, 0.4) is 0 Å². The van der Waals surface area contributed by atoms with Crippen LogP contribution >= 0.6 is 0 Å². The Hall–Kier alpha value is -2.53. The molecule has 1 aliphatic carbocycles. The molecule has 0 saturated heterocycles. The molecule has 0 unspecified atom stereocenters. The molecular formula is C14H16N6O. The van der Waals surface area contributed by atoms with E-state index in [4.69, 9.17) is 10.3 Å². The molecular weight excluding hydrogens is 268 g/mol. The van der Waals surface area contributed by atoms with Crippen LogP contribution in [0.5, 0.6) is 5.75 Å². The third-order valence-electron chi connectivity index (χ3n) is 3.74. The van der Waals surface area contributed by atoms with Gasteiger partial charge in [0.1, 0.15) is 5.75 Å². The lowest BCUT2D eigenvalue weighted by molar-refractivity contribution is 0.414. The van der Waals surface area contributed by atoms with Crippen molar-refractivity contribution in [1.82, 2.24) is 15.0 Å². The van der Waals surface area contributed by atoms with Gasteiger partial charge in [-0.1, -0.05) is 22.5 Å². The molecule has 0 bridgehead atoms. The van der Waals surface area contributed by atoms with Crippen molar-refractivity contribution in [3.8, 4) is 5.75 Å². The van der Waals surface area contributed by atoms with Crippen LogP contribution < -0.4 is 4.74 Å². The Morgan fingerprint density at radius 3 is 2.95 bits per heavy atom. The molecule has 0 radical (unpaired) electrons. The van der Waals surface area contributed by atoms with Crippen molar-refractivity contribution in [2.24, 2.45) is 11.0 Å². The zero-order valence-corrected chi connectivity index (χ0v) is 11.8. The molecule has 1 aromatic carbocycles. The number of aromatic nitrogens is 3. The zero-order valence-electron chi connectivity index (χ0n) is 11.8. The number of hydrogen-bond acceptors (Lipinski definition) is 4. The van der Waals surface area contributed by atoms with Gasteiger partial charge < -0.3 is 4.74 Å². The normalized spacial score (nSPS) is 19.9. The Morgan fingerprint density at radius 2 is 2.24 bits per heavy atom. The smallest absolute Gasteiger partial charge is 0.118 e. The molecule has 1 heterocycles. The van der Waals surface area contributed by atoms with E-state index in [0.717, 1.165) is 23.4 Å². The summed E-state index contributed by atoms with van der Waals surface area (Å²) < 4.78 is 6.97. The molecule has 2 aromatic rings. The Labute approximate surface area is 122 Å². The first kappa shape index (κ1) is 13.5. The average molecular weight is 284 g/mol. The monoisotopic (exact) mass is 284 g/mol. The summed E-state index contributed by atoms with van der Waals surface area (Å²) in [5.41, 5.74) is 10.5. The van der Waals surface area contributed by atoms with Crippen LogP contribution in [0.25, 0.3) is 10.4 Å². The van der Waals surface area contributed by atoms with Crippen molar-refractivity contribution in [1.29, 1.82) is 0 Å². The fraction of sp³-hybridized carbons (Fsp3) is 0.429. The first-order valence-corrected chi connectivity index (χ1v) is 6.84. The Bertz CT molecular complexity index is 658. The van der Waals surface area contributed by atoms with Crippen LogP contribution in [-0.4, -0.2) is 28.6 Å². The highest BCUT2D eigenvalue weighted by Gasteiger charge is 2.39. The number of nitrogens with zero attached hydrogens (tertiary/aromatic N) is 6. The average Bonchev–Trinajstić information content (AvgIpc) is 3.15. The maximum absolute atomic E-state index is 8.32. The molecule has 0 aliphatic heterocycles. The second-order valence-electron chi connectivity index (χ2n) is 5.20. The minimum atomic E-state index is 0.389. The van der Waals surface area contributed by atoms with Crippen molar-refractivity contribution in [3.63, 3.8) is 0 Å². The molecule has 0 amide bonds. The first-order valence-electron chi connectivity index (χ1n) is 6.84. The van der Waals surface area contributed by atoms with Crippen molar-refractivity contribution in [2.45, 2.75) is 18.9 Å². The summed E-state index contributed by atoms with van der Waals surface area (Å²) in [5, 5.41) is 12.0. The predicted octanol–water partition coefficient (Wildman–Crippen LogP) is 2.75. The van der Waals surface area contributed by atoms with Crippen molar-refractivity contribution < 1.29 is 4.74 Å². The van der Waals surface area contributed by atoms with Gasteiger partial charge in [0.25, 0.3) is 0 Å². The summed E-state index contributed by atoms with van der Waals surface area (Å²) in [6.07, 6.45) is 3.01. The van der Waals surface area contributed by atoms with E-state index < -0.39 is 0 Å². The van der Waals surface area contributed by atoms with Gasteiger partial charge in [0.15, 0.2) is 0 Å². The van der Waals surface area contributed by atoms with Crippen LogP contribution in [0.4, 0.5) is 0 Å². The largest absolute Gasteiger partial charge is 0.497 e. The molecule has 7 nitrogen and oxygen atoms in total. The van der Waals surface area contributed by atoms with E-state index in [2.05, 4.69) is 20.3 Å². The van der Waals surface area contributed by atoms with Crippen LogP contribution in [0.1, 0.15) is 23.6 Å². The van der Waals surface area contributed by atoms with Gasteiger partial charge in [0.05, 0.1) is 19.3 Å². The highest BCUT2D eigenvalue weighted by Crippen LogP contribution is 2.46.